The van der Waals surface area contributed by atoms with Gasteiger partial charge in [0.2, 0.25) is 0 Å². The lowest BCUT2D eigenvalue weighted by atomic mass is 10.1. The molecule has 0 spiro atoms. The monoisotopic (exact) mass is 298 g/mol. The number of aliphatic carboxylic acids is 1. The van der Waals surface area contributed by atoms with Gasteiger partial charge in [0.25, 0.3) is 5.92 Å². The van der Waals surface area contributed by atoms with Crippen LogP contribution in [-0.2, 0) is 10.7 Å². The number of thiophene rings is 1. The molecule has 1 heterocycles. The quantitative estimate of drug-likeness (QED) is 0.896. The summed E-state index contributed by atoms with van der Waals surface area (Å²) in [6.45, 7) is 0. The predicted octanol–water partition coefficient (Wildman–Crippen LogP) is 3.86. The lowest BCUT2D eigenvalue weighted by molar-refractivity contribution is -0.137. The van der Waals surface area contributed by atoms with Crippen LogP contribution >= 0.6 is 27.3 Å². The summed E-state index contributed by atoms with van der Waals surface area (Å²) in [6.07, 6.45) is -0.660. The van der Waals surface area contributed by atoms with E-state index in [-0.39, 0.29) is 17.7 Å². The molecule has 2 nitrogen and oxygen atoms in total. The maximum atomic E-state index is 13.4. The first-order valence-corrected chi connectivity index (χ1v) is 5.88. The average Bonchev–Trinajstić information content (AvgIpc) is 2.51. The van der Waals surface area contributed by atoms with Crippen molar-refractivity contribution >= 4 is 33.2 Å². The van der Waals surface area contributed by atoms with E-state index in [1.807, 2.05) is 0 Å². The van der Waals surface area contributed by atoms with E-state index in [0.29, 0.717) is 3.79 Å². The molecule has 0 amide bonds. The van der Waals surface area contributed by atoms with E-state index in [0.717, 1.165) is 11.3 Å². The standard InChI is InChI=1S/C9H9BrF2O2S/c10-7-4-3-6(15-7)9(11,12)5-1-2-8(13)14/h3-4H,1-2,5H2,(H,13,14). The Kier molecular flexibility index (Phi) is 4.21. The molecule has 0 aromatic carbocycles. The van der Waals surface area contributed by atoms with Crippen molar-refractivity contribution in [2.24, 2.45) is 0 Å². The second kappa shape index (κ2) is 5.03. The number of hydrogen-bond donors (Lipinski definition) is 1. The molecule has 0 fully saturated rings. The van der Waals surface area contributed by atoms with Crippen molar-refractivity contribution in [1.29, 1.82) is 0 Å². The van der Waals surface area contributed by atoms with Gasteiger partial charge in [-0.25, -0.2) is 8.78 Å². The van der Waals surface area contributed by atoms with Crippen LogP contribution in [0.4, 0.5) is 8.78 Å². The Morgan fingerprint density at radius 2 is 2.20 bits per heavy atom. The smallest absolute Gasteiger partial charge is 0.303 e. The largest absolute Gasteiger partial charge is 0.481 e. The Labute approximate surface area is 98.1 Å². The van der Waals surface area contributed by atoms with Gasteiger partial charge in [0.15, 0.2) is 0 Å². The molecular weight excluding hydrogens is 290 g/mol. The molecule has 0 unspecified atom stereocenters. The molecule has 84 valence electrons. The number of halogens is 3. The van der Waals surface area contributed by atoms with Crippen molar-refractivity contribution in [2.45, 2.75) is 25.2 Å². The molecular formula is C9H9BrF2O2S. The maximum absolute atomic E-state index is 13.4. The molecule has 0 aliphatic rings. The van der Waals surface area contributed by atoms with Crippen molar-refractivity contribution in [1.82, 2.24) is 0 Å². The number of carboxylic acids is 1. The van der Waals surface area contributed by atoms with Crippen LogP contribution in [-0.4, -0.2) is 11.1 Å². The van der Waals surface area contributed by atoms with E-state index in [2.05, 4.69) is 15.9 Å². The third-order valence-corrected chi connectivity index (χ3v) is 3.55. The zero-order valence-electron chi connectivity index (χ0n) is 7.67. The van der Waals surface area contributed by atoms with Crippen molar-refractivity contribution < 1.29 is 18.7 Å². The summed E-state index contributed by atoms with van der Waals surface area (Å²) in [5, 5.41) is 8.34. The molecule has 0 aliphatic heterocycles. The van der Waals surface area contributed by atoms with Crippen molar-refractivity contribution in [2.75, 3.05) is 0 Å². The number of hydrogen-bond acceptors (Lipinski definition) is 2. The fraction of sp³-hybridized carbons (Fsp3) is 0.444. The molecule has 0 saturated heterocycles. The normalized spacial score (nSPS) is 11.7. The lowest BCUT2D eigenvalue weighted by Gasteiger charge is -2.13. The van der Waals surface area contributed by atoms with Crippen LogP contribution in [0.5, 0.6) is 0 Å². The van der Waals surface area contributed by atoms with E-state index in [4.69, 9.17) is 5.11 Å². The molecule has 0 atom stereocenters. The second-order valence-electron chi connectivity index (χ2n) is 3.06. The molecule has 15 heavy (non-hydrogen) atoms. The molecule has 0 radical (unpaired) electrons. The first-order valence-electron chi connectivity index (χ1n) is 4.27. The average molecular weight is 299 g/mol. The molecule has 0 saturated carbocycles. The number of alkyl halides is 2. The first-order chi connectivity index (χ1) is 6.92. The van der Waals surface area contributed by atoms with Gasteiger partial charge in [-0.2, -0.15) is 0 Å². The first kappa shape index (κ1) is 12.6. The third-order valence-electron chi connectivity index (χ3n) is 1.82. The zero-order chi connectivity index (χ0) is 11.5. The fourth-order valence-corrected chi connectivity index (χ4v) is 2.48. The summed E-state index contributed by atoms with van der Waals surface area (Å²) in [4.78, 5) is 10.1. The van der Waals surface area contributed by atoms with Gasteiger partial charge in [0, 0.05) is 12.8 Å². The minimum atomic E-state index is -2.92. The van der Waals surface area contributed by atoms with Gasteiger partial charge in [-0.3, -0.25) is 4.79 Å². The predicted molar refractivity (Wildman–Crippen MR) is 57.4 cm³/mol. The highest BCUT2D eigenvalue weighted by Crippen LogP contribution is 2.39. The maximum Gasteiger partial charge on any atom is 0.303 e. The summed E-state index contributed by atoms with van der Waals surface area (Å²) in [5.41, 5.74) is 0. The number of carbonyl (C=O) groups is 1. The van der Waals surface area contributed by atoms with E-state index in [1.54, 1.807) is 6.07 Å². The van der Waals surface area contributed by atoms with Crippen LogP contribution < -0.4 is 0 Å². The second-order valence-corrected chi connectivity index (χ2v) is 5.52. The Morgan fingerprint density at radius 1 is 1.53 bits per heavy atom. The summed E-state index contributed by atoms with van der Waals surface area (Å²) >= 11 is 4.08. The van der Waals surface area contributed by atoms with Crippen LogP contribution in [0.15, 0.2) is 15.9 Å². The van der Waals surface area contributed by atoms with Gasteiger partial charge in [-0.1, -0.05) is 0 Å². The number of carboxylic acid groups (broad SMARTS) is 1. The van der Waals surface area contributed by atoms with Crippen LogP contribution in [0.3, 0.4) is 0 Å². The summed E-state index contributed by atoms with van der Waals surface area (Å²) in [7, 11) is 0. The number of rotatable bonds is 5. The highest BCUT2D eigenvalue weighted by Gasteiger charge is 2.32. The minimum Gasteiger partial charge on any atom is -0.481 e. The van der Waals surface area contributed by atoms with Gasteiger partial charge >= 0.3 is 5.97 Å². The molecule has 0 bridgehead atoms. The Hall–Kier alpha value is -0.490. The van der Waals surface area contributed by atoms with Gasteiger partial charge in [-0.15, -0.1) is 11.3 Å². The summed E-state index contributed by atoms with van der Waals surface area (Å²) in [5.74, 6) is -3.97. The van der Waals surface area contributed by atoms with E-state index in [9.17, 15) is 13.6 Å². The Bertz CT molecular complexity index is 352. The SMILES string of the molecule is O=C(O)CCCC(F)(F)c1ccc(Br)s1. The van der Waals surface area contributed by atoms with E-state index >= 15 is 0 Å². The Morgan fingerprint density at radius 3 is 2.67 bits per heavy atom. The van der Waals surface area contributed by atoms with Crippen LogP contribution in [0.1, 0.15) is 24.1 Å². The summed E-state index contributed by atoms with van der Waals surface area (Å²) in [6, 6.07) is 2.92. The van der Waals surface area contributed by atoms with Crippen LogP contribution in [0, 0.1) is 0 Å². The van der Waals surface area contributed by atoms with E-state index < -0.39 is 18.3 Å². The molecule has 6 heteroatoms. The van der Waals surface area contributed by atoms with Gasteiger partial charge < -0.3 is 5.11 Å². The van der Waals surface area contributed by atoms with Crippen molar-refractivity contribution in [3.05, 3.63) is 20.8 Å². The third kappa shape index (κ3) is 3.87. The molecule has 1 rings (SSSR count). The molecule has 1 aromatic heterocycles. The fourth-order valence-electron chi connectivity index (χ4n) is 1.10. The lowest BCUT2D eigenvalue weighted by Crippen LogP contribution is -2.12. The van der Waals surface area contributed by atoms with Crippen molar-refractivity contribution in [3.8, 4) is 0 Å². The highest BCUT2D eigenvalue weighted by molar-refractivity contribution is 9.11. The summed E-state index contributed by atoms with van der Waals surface area (Å²) < 4.78 is 27.5. The molecule has 1 N–H and O–H groups in total. The Balaban J connectivity index is 2.55. The van der Waals surface area contributed by atoms with Crippen LogP contribution in [0.2, 0.25) is 0 Å². The topological polar surface area (TPSA) is 37.3 Å². The van der Waals surface area contributed by atoms with Gasteiger partial charge in [-0.05, 0) is 34.5 Å². The molecule has 0 aliphatic carbocycles. The highest BCUT2D eigenvalue weighted by atomic mass is 79.9. The van der Waals surface area contributed by atoms with Crippen molar-refractivity contribution in [3.63, 3.8) is 0 Å². The molecule has 1 aromatic rings. The van der Waals surface area contributed by atoms with Gasteiger partial charge in [0.1, 0.15) is 0 Å². The van der Waals surface area contributed by atoms with Gasteiger partial charge in [0.05, 0.1) is 8.66 Å². The van der Waals surface area contributed by atoms with E-state index in [1.165, 1.54) is 6.07 Å². The minimum absolute atomic E-state index is 0.0160. The van der Waals surface area contributed by atoms with Crippen LogP contribution in [0.25, 0.3) is 0 Å². The zero-order valence-corrected chi connectivity index (χ0v) is 10.1.